The fourth-order valence-electron chi connectivity index (χ4n) is 3.35. The third kappa shape index (κ3) is 2.30. The molecule has 3 heteroatoms. The van der Waals surface area contributed by atoms with Gasteiger partial charge in [0.2, 0.25) is 5.91 Å². The SMILES string of the molecule is C[C@H](NC(=O)[C@@H](C)Cl)[C@@H]1C[C@@H]2CC[C@@H]1C2. The average molecular weight is 230 g/mol. The summed E-state index contributed by atoms with van der Waals surface area (Å²) in [7, 11) is 0. The maximum absolute atomic E-state index is 11.5. The average Bonchev–Trinajstić information content (AvgIpc) is 2.78. The maximum Gasteiger partial charge on any atom is 0.237 e. The number of hydrogen-bond acceptors (Lipinski definition) is 1. The number of alkyl halides is 1. The number of hydrogen-bond donors (Lipinski definition) is 1. The van der Waals surface area contributed by atoms with Gasteiger partial charge in [0.25, 0.3) is 0 Å². The predicted molar refractivity (Wildman–Crippen MR) is 61.9 cm³/mol. The first-order valence-electron chi connectivity index (χ1n) is 6.02. The molecule has 2 nitrogen and oxygen atoms in total. The molecule has 5 atom stereocenters. The first-order chi connectivity index (χ1) is 7.08. The van der Waals surface area contributed by atoms with Crippen molar-refractivity contribution in [1.29, 1.82) is 0 Å². The van der Waals surface area contributed by atoms with Crippen LogP contribution in [0.1, 0.15) is 39.5 Å². The molecule has 0 spiro atoms. The zero-order chi connectivity index (χ0) is 11.0. The van der Waals surface area contributed by atoms with E-state index in [4.69, 9.17) is 11.6 Å². The van der Waals surface area contributed by atoms with Crippen molar-refractivity contribution in [2.75, 3.05) is 0 Å². The van der Waals surface area contributed by atoms with Crippen LogP contribution in [0.2, 0.25) is 0 Å². The van der Waals surface area contributed by atoms with Gasteiger partial charge in [-0.05, 0) is 50.9 Å². The topological polar surface area (TPSA) is 29.1 Å². The third-order valence-corrected chi connectivity index (χ3v) is 4.36. The molecule has 2 bridgehead atoms. The van der Waals surface area contributed by atoms with Gasteiger partial charge in [-0.2, -0.15) is 0 Å². The van der Waals surface area contributed by atoms with Gasteiger partial charge in [0, 0.05) is 6.04 Å². The number of amides is 1. The fourth-order valence-corrected chi connectivity index (χ4v) is 3.42. The fraction of sp³-hybridized carbons (Fsp3) is 0.917. The Morgan fingerprint density at radius 2 is 2.07 bits per heavy atom. The predicted octanol–water partition coefficient (Wildman–Crippen LogP) is 2.55. The van der Waals surface area contributed by atoms with E-state index in [-0.39, 0.29) is 5.91 Å². The summed E-state index contributed by atoms with van der Waals surface area (Å²) in [6.45, 7) is 3.85. The minimum Gasteiger partial charge on any atom is -0.352 e. The summed E-state index contributed by atoms with van der Waals surface area (Å²) in [5, 5.41) is 2.62. The molecule has 0 saturated heterocycles. The Hall–Kier alpha value is -0.240. The van der Waals surface area contributed by atoms with Crippen LogP contribution in [-0.4, -0.2) is 17.3 Å². The van der Waals surface area contributed by atoms with E-state index in [9.17, 15) is 4.79 Å². The van der Waals surface area contributed by atoms with Crippen molar-refractivity contribution >= 4 is 17.5 Å². The molecule has 0 aliphatic heterocycles. The molecule has 0 aromatic rings. The zero-order valence-corrected chi connectivity index (χ0v) is 10.3. The van der Waals surface area contributed by atoms with E-state index in [1.165, 1.54) is 25.7 Å². The highest BCUT2D eigenvalue weighted by Gasteiger charge is 2.42. The lowest BCUT2D eigenvalue weighted by molar-refractivity contribution is -0.121. The molecule has 2 aliphatic carbocycles. The number of nitrogens with one attached hydrogen (secondary N) is 1. The van der Waals surface area contributed by atoms with Crippen molar-refractivity contribution in [3.05, 3.63) is 0 Å². The van der Waals surface area contributed by atoms with Crippen LogP contribution < -0.4 is 5.32 Å². The quantitative estimate of drug-likeness (QED) is 0.741. The standard InChI is InChI=1S/C12H20ClNO/c1-7(13)12(15)14-8(2)11-6-9-3-4-10(11)5-9/h7-11H,3-6H2,1-2H3,(H,14,15)/t7-,8+,9-,10-,11+/m1/s1. The summed E-state index contributed by atoms with van der Waals surface area (Å²) in [6.07, 6.45) is 5.48. The van der Waals surface area contributed by atoms with E-state index in [1.54, 1.807) is 6.92 Å². The molecule has 0 heterocycles. The molecular weight excluding hydrogens is 210 g/mol. The van der Waals surface area contributed by atoms with Gasteiger partial charge in [-0.3, -0.25) is 4.79 Å². The number of halogens is 1. The molecular formula is C12H20ClNO. The molecule has 86 valence electrons. The lowest BCUT2D eigenvalue weighted by Crippen LogP contribution is -2.42. The van der Waals surface area contributed by atoms with E-state index < -0.39 is 5.38 Å². The zero-order valence-electron chi connectivity index (χ0n) is 9.50. The molecule has 0 aromatic carbocycles. The van der Waals surface area contributed by atoms with Crippen LogP contribution in [0.25, 0.3) is 0 Å². The van der Waals surface area contributed by atoms with E-state index in [1.807, 2.05) is 0 Å². The number of fused-ring (bicyclic) bond motifs is 2. The van der Waals surface area contributed by atoms with Crippen LogP contribution >= 0.6 is 11.6 Å². The molecule has 2 fully saturated rings. The Kier molecular flexibility index (Phi) is 3.24. The van der Waals surface area contributed by atoms with E-state index in [0.717, 1.165) is 11.8 Å². The normalized spacial score (nSPS) is 37.7. The van der Waals surface area contributed by atoms with Crippen LogP contribution in [0.15, 0.2) is 0 Å². The summed E-state index contributed by atoms with van der Waals surface area (Å²) < 4.78 is 0. The highest BCUT2D eigenvalue weighted by Crippen LogP contribution is 2.49. The molecule has 1 N–H and O–H groups in total. The van der Waals surface area contributed by atoms with Crippen molar-refractivity contribution in [1.82, 2.24) is 5.32 Å². The summed E-state index contributed by atoms with van der Waals surface area (Å²) in [5.74, 6) is 2.47. The monoisotopic (exact) mass is 229 g/mol. The molecule has 0 aromatic heterocycles. The van der Waals surface area contributed by atoms with Gasteiger partial charge in [-0.15, -0.1) is 11.6 Å². The molecule has 2 rings (SSSR count). The second kappa shape index (κ2) is 4.32. The summed E-state index contributed by atoms with van der Waals surface area (Å²) in [6, 6.07) is 0.300. The number of carbonyl (C=O) groups excluding carboxylic acids is 1. The van der Waals surface area contributed by atoms with Gasteiger partial charge in [0.1, 0.15) is 5.38 Å². The second-order valence-corrected chi connectivity index (χ2v) is 5.91. The van der Waals surface area contributed by atoms with Gasteiger partial charge in [0.15, 0.2) is 0 Å². The summed E-state index contributed by atoms with van der Waals surface area (Å²) in [5.41, 5.74) is 0. The van der Waals surface area contributed by atoms with E-state index >= 15 is 0 Å². The lowest BCUT2D eigenvalue weighted by atomic mass is 9.84. The first-order valence-corrected chi connectivity index (χ1v) is 6.46. The first kappa shape index (κ1) is 11.3. The number of rotatable bonds is 3. The van der Waals surface area contributed by atoms with Gasteiger partial charge < -0.3 is 5.32 Å². The van der Waals surface area contributed by atoms with Crippen molar-refractivity contribution in [2.45, 2.75) is 50.9 Å². The van der Waals surface area contributed by atoms with Crippen LogP contribution in [0.5, 0.6) is 0 Å². The van der Waals surface area contributed by atoms with Crippen LogP contribution in [-0.2, 0) is 4.79 Å². The third-order valence-electron chi connectivity index (χ3n) is 4.17. The smallest absolute Gasteiger partial charge is 0.237 e. The Morgan fingerprint density at radius 1 is 1.33 bits per heavy atom. The van der Waals surface area contributed by atoms with Crippen LogP contribution in [0, 0.1) is 17.8 Å². The summed E-state index contributed by atoms with van der Waals surface area (Å²) in [4.78, 5) is 11.5. The molecule has 0 radical (unpaired) electrons. The van der Waals surface area contributed by atoms with Gasteiger partial charge >= 0.3 is 0 Å². The minimum atomic E-state index is -0.411. The van der Waals surface area contributed by atoms with Crippen molar-refractivity contribution in [2.24, 2.45) is 17.8 Å². The molecule has 1 amide bonds. The van der Waals surface area contributed by atoms with Crippen LogP contribution in [0.3, 0.4) is 0 Å². The highest BCUT2D eigenvalue weighted by atomic mass is 35.5. The minimum absolute atomic E-state index is 0.0214. The van der Waals surface area contributed by atoms with E-state index in [0.29, 0.717) is 12.0 Å². The Morgan fingerprint density at radius 3 is 2.53 bits per heavy atom. The lowest BCUT2D eigenvalue weighted by Gasteiger charge is -2.28. The molecule has 15 heavy (non-hydrogen) atoms. The van der Waals surface area contributed by atoms with Crippen molar-refractivity contribution < 1.29 is 4.79 Å². The molecule has 0 unspecified atom stereocenters. The number of carbonyl (C=O) groups is 1. The highest BCUT2D eigenvalue weighted by molar-refractivity contribution is 6.30. The molecule has 2 aliphatic rings. The van der Waals surface area contributed by atoms with Gasteiger partial charge in [0.05, 0.1) is 0 Å². The second-order valence-electron chi connectivity index (χ2n) is 5.25. The van der Waals surface area contributed by atoms with Crippen LogP contribution in [0.4, 0.5) is 0 Å². The van der Waals surface area contributed by atoms with Gasteiger partial charge in [-0.1, -0.05) is 6.42 Å². The van der Waals surface area contributed by atoms with Gasteiger partial charge in [-0.25, -0.2) is 0 Å². The summed E-state index contributed by atoms with van der Waals surface area (Å²) >= 11 is 5.75. The van der Waals surface area contributed by atoms with E-state index in [2.05, 4.69) is 12.2 Å². The molecule has 2 saturated carbocycles. The van der Waals surface area contributed by atoms with Crippen molar-refractivity contribution in [3.63, 3.8) is 0 Å². The van der Waals surface area contributed by atoms with Crippen molar-refractivity contribution in [3.8, 4) is 0 Å². The Balaban J connectivity index is 1.86. The largest absolute Gasteiger partial charge is 0.352 e. The Bertz CT molecular complexity index is 254. The Labute approximate surface area is 96.8 Å². The maximum atomic E-state index is 11.5.